The Morgan fingerprint density at radius 2 is 2.00 bits per heavy atom. The van der Waals surface area contributed by atoms with Crippen LogP contribution >= 0.6 is 0 Å². The summed E-state index contributed by atoms with van der Waals surface area (Å²) in [6.07, 6.45) is 1.63. The summed E-state index contributed by atoms with van der Waals surface area (Å²) in [5, 5.41) is 3.03. The first-order valence-corrected chi connectivity index (χ1v) is 7.02. The first kappa shape index (κ1) is 15.7. The zero-order chi connectivity index (χ0) is 14.4. The van der Waals surface area contributed by atoms with Gasteiger partial charge in [0.2, 0.25) is 5.91 Å². The van der Waals surface area contributed by atoms with E-state index in [0.29, 0.717) is 12.5 Å². The van der Waals surface area contributed by atoms with Gasteiger partial charge in [0.15, 0.2) is 0 Å². The molecule has 106 valence electrons. The van der Waals surface area contributed by atoms with E-state index in [2.05, 4.69) is 32.2 Å². The van der Waals surface area contributed by atoms with E-state index >= 15 is 0 Å². The number of rotatable bonds is 6. The minimum Gasteiger partial charge on any atom is -0.330 e. The number of carbonyl (C=O) groups excluding carboxylic acids is 1. The number of nitrogens with one attached hydrogen (secondary N) is 1. The van der Waals surface area contributed by atoms with Gasteiger partial charge in [0.25, 0.3) is 0 Å². The smallest absolute Gasteiger partial charge is 0.227 e. The SMILES string of the molecule is Cc1ccc(NC(=O)C(CCN)CC(C)C)c(C)c1. The van der Waals surface area contributed by atoms with E-state index in [1.165, 1.54) is 5.56 Å². The molecule has 1 rings (SSSR count). The minimum absolute atomic E-state index is 0.00528. The van der Waals surface area contributed by atoms with Crippen LogP contribution in [0, 0.1) is 25.7 Å². The lowest BCUT2D eigenvalue weighted by Gasteiger charge is -2.19. The van der Waals surface area contributed by atoms with Crippen LogP contribution in [0.1, 0.15) is 37.8 Å². The van der Waals surface area contributed by atoms with Gasteiger partial charge in [-0.1, -0.05) is 31.5 Å². The van der Waals surface area contributed by atoms with E-state index in [1.54, 1.807) is 0 Å². The van der Waals surface area contributed by atoms with Crippen LogP contribution in [-0.2, 0) is 4.79 Å². The van der Waals surface area contributed by atoms with Gasteiger partial charge in [0.1, 0.15) is 0 Å². The number of nitrogens with two attached hydrogens (primary N) is 1. The predicted octanol–water partition coefficient (Wildman–Crippen LogP) is 3.25. The molecule has 19 heavy (non-hydrogen) atoms. The van der Waals surface area contributed by atoms with Gasteiger partial charge in [-0.15, -0.1) is 0 Å². The Balaban J connectivity index is 2.75. The Hall–Kier alpha value is -1.35. The van der Waals surface area contributed by atoms with Crippen LogP contribution in [0.25, 0.3) is 0 Å². The van der Waals surface area contributed by atoms with Gasteiger partial charge in [0.05, 0.1) is 0 Å². The van der Waals surface area contributed by atoms with Gasteiger partial charge in [-0.05, 0) is 50.8 Å². The standard InChI is InChI=1S/C16H26N2O/c1-11(2)9-14(7-8-17)16(19)18-15-6-5-12(3)10-13(15)4/h5-6,10-11,14H,7-9,17H2,1-4H3,(H,18,19). The topological polar surface area (TPSA) is 55.1 Å². The fraction of sp³-hybridized carbons (Fsp3) is 0.562. The van der Waals surface area contributed by atoms with Crippen LogP contribution in [0.5, 0.6) is 0 Å². The van der Waals surface area contributed by atoms with E-state index in [-0.39, 0.29) is 11.8 Å². The molecule has 0 heterocycles. The number of hydrogen-bond acceptors (Lipinski definition) is 2. The summed E-state index contributed by atoms with van der Waals surface area (Å²) < 4.78 is 0. The third kappa shape index (κ3) is 5.03. The van der Waals surface area contributed by atoms with Crippen LogP contribution in [0.4, 0.5) is 5.69 Å². The Labute approximate surface area is 116 Å². The molecule has 0 radical (unpaired) electrons. The fourth-order valence-corrected chi connectivity index (χ4v) is 2.31. The Morgan fingerprint density at radius 1 is 1.32 bits per heavy atom. The molecule has 1 amide bonds. The first-order valence-electron chi connectivity index (χ1n) is 7.02. The normalized spacial score (nSPS) is 12.5. The molecular formula is C16H26N2O. The molecule has 0 spiro atoms. The van der Waals surface area contributed by atoms with Gasteiger partial charge in [-0.2, -0.15) is 0 Å². The average molecular weight is 262 g/mol. The zero-order valence-electron chi connectivity index (χ0n) is 12.5. The average Bonchev–Trinajstić information content (AvgIpc) is 2.31. The molecule has 0 aliphatic carbocycles. The van der Waals surface area contributed by atoms with E-state index in [9.17, 15) is 4.79 Å². The molecule has 0 saturated heterocycles. The molecule has 0 aliphatic heterocycles. The Bertz CT molecular complexity index is 427. The van der Waals surface area contributed by atoms with Crippen molar-refractivity contribution in [3.63, 3.8) is 0 Å². The Kier molecular flexibility index (Phi) is 6.03. The summed E-state index contributed by atoms with van der Waals surface area (Å²) >= 11 is 0. The van der Waals surface area contributed by atoms with Crippen LogP contribution < -0.4 is 11.1 Å². The molecule has 0 saturated carbocycles. The summed E-state index contributed by atoms with van der Waals surface area (Å²) in [5.41, 5.74) is 8.82. The molecule has 0 aliphatic rings. The lowest BCUT2D eigenvalue weighted by atomic mass is 9.93. The molecule has 0 fully saturated rings. The summed E-state index contributed by atoms with van der Waals surface area (Å²) in [4.78, 5) is 12.3. The van der Waals surface area contributed by atoms with Crippen molar-refractivity contribution in [2.75, 3.05) is 11.9 Å². The molecular weight excluding hydrogens is 236 g/mol. The number of hydrogen-bond donors (Lipinski definition) is 2. The van der Waals surface area contributed by atoms with Crippen LogP contribution in [0.3, 0.4) is 0 Å². The van der Waals surface area contributed by atoms with Crippen molar-refractivity contribution in [3.8, 4) is 0 Å². The molecule has 0 aromatic heterocycles. The summed E-state index contributed by atoms with van der Waals surface area (Å²) in [6.45, 7) is 8.89. The van der Waals surface area contributed by atoms with Crippen molar-refractivity contribution in [1.82, 2.24) is 0 Å². The number of amides is 1. The highest BCUT2D eigenvalue weighted by Gasteiger charge is 2.19. The zero-order valence-corrected chi connectivity index (χ0v) is 12.5. The second kappa shape index (κ2) is 7.29. The Morgan fingerprint density at radius 3 is 2.53 bits per heavy atom. The lowest BCUT2D eigenvalue weighted by Crippen LogP contribution is -2.26. The van der Waals surface area contributed by atoms with Crippen LogP contribution in [0.2, 0.25) is 0 Å². The van der Waals surface area contributed by atoms with Crippen molar-refractivity contribution in [1.29, 1.82) is 0 Å². The van der Waals surface area contributed by atoms with Crippen molar-refractivity contribution in [3.05, 3.63) is 29.3 Å². The molecule has 3 N–H and O–H groups in total. The van der Waals surface area contributed by atoms with E-state index in [0.717, 1.165) is 24.1 Å². The van der Waals surface area contributed by atoms with Crippen molar-refractivity contribution >= 4 is 11.6 Å². The molecule has 1 aromatic rings. The third-order valence-corrected chi connectivity index (χ3v) is 3.28. The largest absolute Gasteiger partial charge is 0.330 e. The maximum Gasteiger partial charge on any atom is 0.227 e. The number of anilines is 1. The maximum atomic E-state index is 12.3. The van der Waals surface area contributed by atoms with Gasteiger partial charge in [-0.3, -0.25) is 4.79 Å². The highest BCUT2D eigenvalue weighted by atomic mass is 16.1. The number of carbonyl (C=O) groups is 1. The van der Waals surface area contributed by atoms with Crippen molar-refractivity contribution in [2.24, 2.45) is 17.6 Å². The van der Waals surface area contributed by atoms with E-state index in [4.69, 9.17) is 5.73 Å². The maximum absolute atomic E-state index is 12.3. The van der Waals surface area contributed by atoms with Crippen molar-refractivity contribution < 1.29 is 4.79 Å². The monoisotopic (exact) mass is 262 g/mol. The first-order chi connectivity index (χ1) is 8.93. The highest BCUT2D eigenvalue weighted by Crippen LogP contribution is 2.20. The summed E-state index contributed by atoms with van der Waals surface area (Å²) in [7, 11) is 0. The second-order valence-electron chi connectivity index (χ2n) is 5.71. The van der Waals surface area contributed by atoms with Gasteiger partial charge >= 0.3 is 0 Å². The predicted molar refractivity (Wildman–Crippen MR) is 81.2 cm³/mol. The fourth-order valence-electron chi connectivity index (χ4n) is 2.31. The summed E-state index contributed by atoms with van der Waals surface area (Å²) in [6, 6.07) is 6.07. The van der Waals surface area contributed by atoms with Crippen LogP contribution in [-0.4, -0.2) is 12.5 Å². The highest BCUT2D eigenvalue weighted by molar-refractivity contribution is 5.93. The molecule has 1 atom stereocenters. The third-order valence-electron chi connectivity index (χ3n) is 3.28. The quantitative estimate of drug-likeness (QED) is 0.826. The molecule has 1 aromatic carbocycles. The van der Waals surface area contributed by atoms with Gasteiger partial charge in [-0.25, -0.2) is 0 Å². The molecule has 0 bridgehead atoms. The molecule has 1 unspecified atom stereocenters. The lowest BCUT2D eigenvalue weighted by molar-refractivity contribution is -0.120. The second-order valence-corrected chi connectivity index (χ2v) is 5.71. The number of benzene rings is 1. The van der Waals surface area contributed by atoms with Crippen molar-refractivity contribution in [2.45, 2.75) is 40.5 Å². The molecule has 3 nitrogen and oxygen atoms in total. The number of aryl methyl sites for hydroxylation is 2. The van der Waals surface area contributed by atoms with Gasteiger partial charge in [0, 0.05) is 11.6 Å². The van der Waals surface area contributed by atoms with Gasteiger partial charge < -0.3 is 11.1 Å². The minimum atomic E-state index is 0.00528. The molecule has 3 heteroatoms. The van der Waals surface area contributed by atoms with E-state index in [1.807, 2.05) is 19.1 Å². The summed E-state index contributed by atoms with van der Waals surface area (Å²) in [5.74, 6) is 0.596. The van der Waals surface area contributed by atoms with Crippen LogP contribution in [0.15, 0.2) is 18.2 Å². The van der Waals surface area contributed by atoms with E-state index < -0.39 is 0 Å².